The molecule has 0 atom stereocenters. The van der Waals surface area contributed by atoms with Crippen molar-refractivity contribution in [2.24, 2.45) is 0 Å². The maximum Gasteiger partial charge on any atom is 0.269 e. The fourth-order valence-electron chi connectivity index (χ4n) is 2.69. The van der Waals surface area contributed by atoms with E-state index in [0.717, 1.165) is 31.4 Å². The van der Waals surface area contributed by atoms with Crippen LogP contribution in [-0.4, -0.2) is 32.9 Å². The largest absolute Gasteiger partial charge is 0.388 e. The van der Waals surface area contributed by atoms with Gasteiger partial charge in [-0.3, -0.25) is 9.48 Å². The standard InChI is InChI=1S/C15H25N3O2/c1-4-18-13(9-12(17-18)11(2)3)14(19)16-10-15(20)7-5-6-8-15/h9,11,20H,4-8,10H2,1-3H3,(H,16,19). The van der Waals surface area contributed by atoms with Crippen molar-refractivity contribution in [3.8, 4) is 0 Å². The lowest BCUT2D eigenvalue weighted by atomic mass is 10.0. The van der Waals surface area contributed by atoms with Crippen LogP contribution in [0.25, 0.3) is 0 Å². The number of aliphatic hydroxyl groups is 1. The number of aryl methyl sites for hydroxylation is 1. The highest BCUT2D eigenvalue weighted by Crippen LogP contribution is 2.28. The topological polar surface area (TPSA) is 67.2 Å². The van der Waals surface area contributed by atoms with Gasteiger partial charge in [-0.2, -0.15) is 5.10 Å². The predicted octanol–water partition coefficient (Wildman–Crippen LogP) is 2.06. The molecule has 0 spiro atoms. The number of carbonyl (C=O) groups excluding carboxylic acids is 1. The van der Waals surface area contributed by atoms with Crippen molar-refractivity contribution >= 4 is 5.91 Å². The normalized spacial score (nSPS) is 17.6. The van der Waals surface area contributed by atoms with Crippen LogP contribution in [-0.2, 0) is 6.54 Å². The van der Waals surface area contributed by atoms with E-state index in [9.17, 15) is 9.90 Å². The third-order valence-corrected chi connectivity index (χ3v) is 4.03. The van der Waals surface area contributed by atoms with Crippen LogP contribution in [0.15, 0.2) is 6.07 Å². The van der Waals surface area contributed by atoms with Crippen LogP contribution in [0, 0.1) is 0 Å². The molecule has 0 aliphatic heterocycles. The van der Waals surface area contributed by atoms with Gasteiger partial charge in [0.25, 0.3) is 5.91 Å². The van der Waals surface area contributed by atoms with Crippen molar-refractivity contribution in [1.82, 2.24) is 15.1 Å². The van der Waals surface area contributed by atoms with Crippen LogP contribution in [0.4, 0.5) is 0 Å². The summed E-state index contributed by atoms with van der Waals surface area (Å²) in [4.78, 5) is 12.3. The Bertz CT molecular complexity index is 473. The molecule has 1 aromatic heterocycles. The van der Waals surface area contributed by atoms with Crippen molar-refractivity contribution in [2.45, 2.75) is 64.5 Å². The number of rotatable bonds is 5. The highest BCUT2D eigenvalue weighted by molar-refractivity contribution is 5.92. The Balaban J connectivity index is 2.04. The van der Waals surface area contributed by atoms with Crippen LogP contribution >= 0.6 is 0 Å². The van der Waals surface area contributed by atoms with Gasteiger partial charge >= 0.3 is 0 Å². The maximum atomic E-state index is 12.3. The molecule has 0 bridgehead atoms. The summed E-state index contributed by atoms with van der Waals surface area (Å²) in [6.45, 7) is 7.09. The molecule has 1 amide bonds. The van der Waals surface area contributed by atoms with Gasteiger partial charge in [0.1, 0.15) is 5.69 Å². The summed E-state index contributed by atoms with van der Waals surface area (Å²) < 4.78 is 1.73. The van der Waals surface area contributed by atoms with E-state index in [4.69, 9.17) is 0 Å². The number of carbonyl (C=O) groups is 1. The quantitative estimate of drug-likeness (QED) is 0.867. The van der Waals surface area contributed by atoms with Gasteiger partial charge in [-0.15, -0.1) is 0 Å². The highest BCUT2D eigenvalue weighted by atomic mass is 16.3. The van der Waals surface area contributed by atoms with Gasteiger partial charge in [0, 0.05) is 13.1 Å². The molecule has 0 radical (unpaired) electrons. The average molecular weight is 279 g/mol. The van der Waals surface area contributed by atoms with Crippen molar-refractivity contribution in [3.05, 3.63) is 17.5 Å². The molecule has 2 N–H and O–H groups in total. The molecule has 1 aliphatic carbocycles. The van der Waals surface area contributed by atoms with E-state index in [0.29, 0.717) is 24.7 Å². The second-order valence-corrected chi connectivity index (χ2v) is 6.04. The van der Waals surface area contributed by atoms with E-state index in [2.05, 4.69) is 24.3 Å². The van der Waals surface area contributed by atoms with Crippen LogP contribution in [0.2, 0.25) is 0 Å². The smallest absolute Gasteiger partial charge is 0.269 e. The van der Waals surface area contributed by atoms with E-state index in [1.807, 2.05) is 13.0 Å². The number of nitrogens with zero attached hydrogens (tertiary/aromatic N) is 2. The molecule has 1 aromatic rings. The second kappa shape index (κ2) is 5.95. The molecule has 112 valence electrons. The van der Waals surface area contributed by atoms with Gasteiger partial charge in [-0.05, 0) is 31.7 Å². The second-order valence-electron chi connectivity index (χ2n) is 6.04. The van der Waals surface area contributed by atoms with Crippen molar-refractivity contribution in [1.29, 1.82) is 0 Å². The molecule has 1 aliphatic rings. The lowest BCUT2D eigenvalue weighted by Gasteiger charge is -2.22. The van der Waals surface area contributed by atoms with E-state index in [-0.39, 0.29) is 5.91 Å². The van der Waals surface area contributed by atoms with E-state index in [1.54, 1.807) is 4.68 Å². The van der Waals surface area contributed by atoms with Crippen LogP contribution < -0.4 is 5.32 Å². The Morgan fingerprint density at radius 1 is 1.50 bits per heavy atom. The van der Waals surface area contributed by atoms with Gasteiger partial charge in [-0.25, -0.2) is 0 Å². The van der Waals surface area contributed by atoms with E-state index >= 15 is 0 Å². The zero-order valence-electron chi connectivity index (χ0n) is 12.6. The number of hydrogen-bond acceptors (Lipinski definition) is 3. The summed E-state index contributed by atoms with van der Waals surface area (Å²) in [6, 6.07) is 1.85. The molecule has 5 nitrogen and oxygen atoms in total. The minimum atomic E-state index is -0.715. The first-order valence-electron chi connectivity index (χ1n) is 7.53. The number of amides is 1. The number of aromatic nitrogens is 2. The summed E-state index contributed by atoms with van der Waals surface area (Å²) in [6.07, 6.45) is 3.63. The Morgan fingerprint density at radius 2 is 2.15 bits per heavy atom. The Morgan fingerprint density at radius 3 is 2.70 bits per heavy atom. The molecule has 5 heteroatoms. The van der Waals surface area contributed by atoms with E-state index < -0.39 is 5.60 Å². The van der Waals surface area contributed by atoms with Crippen molar-refractivity contribution < 1.29 is 9.90 Å². The van der Waals surface area contributed by atoms with Gasteiger partial charge in [0.05, 0.1) is 11.3 Å². The fraction of sp³-hybridized carbons (Fsp3) is 0.733. The molecule has 1 saturated carbocycles. The van der Waals surface area contributed by atoms with Crippen molar-refractivity contribution in [3.63, 3.8) is 0 Å². The predicted molar refractivity (Wildman–Crippen MR) is 77.7 cm³/mol. The van der Waals surface area contributed by atoms with Crippen LogP contribution in [0.5, 0.6) is 0 Å². The summed E-state index contributed by atoms with van der Waals surface area (Å²) in [5.41, 5.74) is 0.794. The first kappa shape index (κ1) is 15.0. The molecule has 0 aromatic carbocycles. The minimum absolute atomic E-state index is 0.147. The SMILES string of the molecule is CCn1nc(C(C)C)cc1C(=O)NCC1(O)CCCC1. The van der Waals surface area contributed by atoms with Gasteiger partial charge < -0.3 is 10.4 Å². The molecule has 0 saturated heterocycles. The Hall–Kier alpha value is -1.36. The molecule has 1 fully saturated rings. The van der Waals surface area contributed by atoms with Gasteiger partial charge in [0.2, 0.25) is 0 Å². The highest BCUT2D eigenvalue weighted by Gasteiger charge is 2.31. The lowest BCUT2D eigenvalue weighted by Crippen LogP contribution is -2.41. The summed E-state index contributed by atoms with van der Waals surface area (Å²) in [7, 11) is 0. The monoisotopic (exact) mass is 279 g/mol. The summed E-state index contributed by atoms with van der Waals surface area (Å²) in [5.74, 6) is 0.153. The minimum Gasteiger partial charge on any atom is -0.388 e. The maximum absolute atomic E-state index is 12.3. The number of hydrogen-bond donors (Lipinski definition) is 2. The van der Waals surface area contributed by atoms with Gasteiger partial charge in [-0.1, -0.05) is 26.7 Å². The van der Waals surface area contributed by atoms with Crippen LogP contribution in [0.1, 0.15) is 68.6 Å². The molecular weight excluding hydrogens is 254 g/mol. The zero-order valence-corrected chi connectivity index (χ0v) is 12.6. The molecule has 0 unspecified atom stereocenters. The third-order valence-electron chi connectivity index (χ3n) is 4.03. The van der Waals surface area contributed by atoms with Gasteiger partial charge in [0.15, 0.2) is 0 Å². The lowest BCUT2D eigenvalue weighted by molar-refractivity contribution is 0.0447. The first-order chi connectivity index (χ1) is 9.45. The molecule has 20 heavy (non-hydrogen) atoms. The van der Waals surface area contributed by atoms with Crippen molar-refractivity contribution in [2.75, 3.05) is 6.54 Å². The summed E-state index contributed by atoms with van der Waals surface area (Å²) in [5, 5.41) is 17.6. The molecule has 2 rings (SSSR count). The molecular formula is C15H25N3O2. The fourth-order valence-corrected chi connectivity index (χ4v) is 2.69. The first-order valence-corrected chi connectivity index (χ1v) is 7.53. The van der Waals surface area contributed by atoms with Crippen LogP contribution in [0.3, 0.4) is 0 Å². The average Bonchev–Trinajstić information content (AvgIpc) is 3.02. The Kier molecular flexibility index (Phi) is 4.48. The summed E-state index contributed by atoms with van der Waals surface area (Å²) >= 11 is 0. The van der Waals surface area contributed by atoms with E-state index in [1.165, 1.54) is 0 Å². The third kappa shape index (κ3) is 3.20. The molecule has 1 heterocycles. The number of nitrogens with one attached hydrogen (secondary N) is 1. The zero-order chi connectivity index (χ0) is 14.8. The Labute approximate surface area is 120 Å².